The number of aliphatic hydroxyl groups excluding tert-OH is 1. The molecule has 1 N–H and O–H groups in total. The molecule has 0 amide bonds. The molecule has 0 radical (unpaired) electrons. The summed E-state index contributed by atoms with van der Waals surface area (Å²) in [4.78, 5) is 6.67. The number of morpholine rings is 1. The van der Waals surface area contributed by atoms with Crippen molar-refractivity contribution in [3.63, 3.8) is 0 Å². The molecule has 1 aliphatic rings. The molecule has 1 aromatic rings. The Morgan fingerprint density at radius 1 is 1.73 bits per heavy atom. The van der Waals surface area contributed by atoms with Gasteiger partial charge in [0.25, 0.3) is 0 Å². The van der Waals surface area contributed by atoms with Gasteiger partial charge in [-0.05, 0) is 13.8 Å². The third kappa shape index (κ3) is 2.30. The molecular formula is C10H16N2O2S. The summed E-state index contributed by atoms with van der Waals surface area (Å²) in [6.07, 6.45) is -0.0783. The van der Waals surface area contributed by atoms with Gasteiger partial charge in [-0.1, -0.05) is 0 Å². The Morgan fingerprint density at radius 2 is 2.53 bits per heavy atom. The van der Waals surface area contributed by atoms with Crippen molar-refractivity contribution < 1.29 is 9.84 Å². The number of anilines is 1. The summed E-state index contributed by atoms with van der Waals surface area (Å²) >= 11 is 1.65. The van der Waals surface area contributed by atoms with Gasteiger partial charge >= 0.3 is 0 Å². The van der Waals surface area contributed by atoms with Gasteiger partial charge in [0.15, 0.2) is 5.13 Å². The Kier molecular flexibility index (Phi) is 3.23. The van der Waals surface area contributed by atoms with Crippen LogP contribution in [0.4, 0.5) is 5.13 Å². The summed E-state index contributed by atoms with van der Waals surface area (Å²) < 4.78 is 5.48. The second-order valence-electron chi connectivity index (χ2n) is 3.91. The van der Waals surface area contributed by atoms with Crippen LogP contribution in [0.2, 0.25) is 0 Å². The molecule has 1 aromatic heterocycles. The van der Waals surface area contributed by atoms with E-state index in [1.165, 1.54) is 0 Å². The Bertz CT molecular complexity index is 329. The predicted octanol–water partition coefficient (Wildman–Crippen LogP) is 1.04. The number of nitrogens with zero attached hydrogens (tertiary/aromatic N) is 2. The van der Waals surface area contributed by atoms with Crippen molar-refractivity contribution in [2.75, 3.05) is 24.7 Å². The average Bonchev–Trinajstić information content (AvgIpc) is 2.65. The summed E-state index contributed by atoms with van der Waals surface area (Å²) in [6.45, 7) is 5.57. The molecule has 4 nitrogen and oxygen atoms in total. The van der Waals surface area contributed by atoms with Crippen LogP contribution >= 0.6 is 11.3 Å². The Balaban J connectivity index is 2.12. The fourth-order valence-electron chi connectivity index (χ4n) is 1.67. The van der Waals surface area contributed by atoms with Crippen LogP contribution in [0.15, 0.2) is 5.38 Å². The first kappa shape index (κ1) is 10.9. The third-order valence-corrected chi connectivity index (χ3v) is 3.56. The van der Waals surface area contributed by atoms with Crippen molar-refractivity contribution in [2.45, 2.75) is 26.0 Å². The molecule has 0 aliphatic carbocycles. The van der Waals surface area contributed by atoms with E-state index in [4.69, 9.17) is 9.84 Å². The van der Waals surface area contributed by atoms with Crippen molar-refractivity contribution in [1.29, 1.82) is 0 Å². The summed E-state index contributed by atoms with van der Waals surface area (Å²) in [6, 6.07) is 0.332. The highest BCUT2D eigenvalue weighted by molar-refractivity contribution is 7.13. The molecule has 0 aromatic carbocycles. The van der Waals surface area contributed by atoms with Crippen molar-refractivity contribution in [2.24, 2.45) is 0 Å². The highest BCUT2D eigenvalue weighted by atomic mass is 32.1. The van der Waals surface area contributed by atoms with E-state index in [0.717, 1.165) is 17.4 Å². The molecule has 2 unspecified atom stereocenters. The summed E-state index contributed by atoms with van der Waals surface area (Å²) in [5, 5.41) is 12.2. The lowest BCUT2D eigenvalue weighted by Crippen LogP contribution is -2.49. The van der Waals surface area contributed by atoms with Crippen LogP contribution in [0.5, 0.6) is 0 Å². The van der Waals surface area contributed by atoms with E-state index in [2.05, 4.69) is 16.8 Å². The van der Waals surface area contributed by atoms with Crippen LogP contribution in [0, 0.1) is 6.92 Å². The largest absolute Gasteiger partial charge is 0.394 e. The zero-order chi connectivity index (χ0) is 10.8. The fourth-order valence-corrected chi connectivity index (χ4v) is 2.58. The van der Waals surface area contributed by atoms with E-state index in [-0.39, 0.29) is 12.7 Å². The van der Waals surface area contributed by atoms with Crippen LogP contribution in [0.25, 0.3) is 0 Å². The van der Waals surface area contributed by atoms with Crippen LogP contribution in [0.1, 0.15) is 12.6 Å². The Labute approximate surface area is 93.5 Å². The lowest BCUT2D eigenvalue weighted by molar-refractivity contribution is -0.0103. The maximum atomic E-state index is 9.08. The van der Waals surface area contributed by atoms with Gasteiger partial charge in [-0.25, -0.2) is 4.98 Å². The van der Waals surface area contributed by atoms with Crippen molar-refractivity contribution in [1.82, 2.24) is 4.98 Å². The van der Waals surface area contributed by atoms with Gasteiger partial charge in [0.05, 0.1) is 31.1 Å². The number of rotatable bonds is 2. The van der Waals surface area contributed by atoms with Crippen molar-refractivity contribution >= 4 is 16.5 Å². The van der Waals surface area contributed by atoms with E-state index < -0.39 is 0 Å². The van der Waals surface area contributed by atoms with Gasteiger partial charge in [0.1, 0.15) is 0 Å². The molecule has 1 fully saturated rings. The minimum Gasteiger partial charge on any atom is -0.394 e. The van der Waals surface area contributed by atoms with E-state index in [1.54, 1.807) is 11.3 Å². The zero-order valence-corrected chi connectivity index (χ0v) is 9.83. The highest BCUT2D eigenvalue weighted by Gasteiger charge is 2.27. The molecule has 84 valence electrons. The maximum Gasteiger partial charge on any atom is 0.185 e. The number of aryl methyl sites for hydroxylation is 1. The Morgan fingerprint density at radius 3 is 3.13 bits per heavy atom. The van der Waals surface area contributed by atoms with Gasteiger partial charge in [0, 0.05) is 11.9 Å². The monoisotopic (exact) mass is 228 g/mol. The number of thiazole rings is 1. The molecule has 0 bridgehead atoms. The maximum absolute atomic E-state index is 9.08. The van der Waals surface area contributed by atoms with E-state index in [1.807, 2.05) is 12.3 Å². The second-order valence-corrected chi connectivity index (χ2v) is 4.75. The smallest absolute Gasteiger partial charge is 0.185 e. The van der Waals surface area contributed by atoms with Crippen molar-refractivity contribution in [3.05, 3.63) is 11.1 Å². The standard InChI is InChI=1S/C10H16N2O2S/c1-7-6-15-10(11-7)12-3-9(4-13)14-5-8(12)2/h6,8-9,13H,3-5H2,1-2H3. The first-order valence-corrected chi connectivity index (χ1v) is 6.00. The minimum absolute atomic E-state index is 0.0770. The first-order chi connectivity index (χ1) is 7.20. The fraction of sp³-hybridized carbons (Fsp3) is 0.700. The second kappa shape index (κ2) is 4.47. The van der Waals surface area contributed by atoms with Gasteiger partial charge in [0.2, 0.25) is 0 Å². The Hall–Kier alpha value is -0.650. The molecule has 15 heavy (non-hydrogen) atoms. The number of aromatic nitrogens is 1. The topological polar surface area (TPSA) is 45.6 Å². The molecule has 1 saturated heterocycles. The number of hydrogen-bond acceptors (Lipinski definition) is 5. The highest BCUT2D eigenvalue weighted by Crippen LogP contribution is 2.25. The molecule has 0 saturated carbocycles. The van der Waals surface area contributed by atoms with E-state index in [0.29, 0.717) is 12.6 Å². The first-order valence-electron chi connectivity index (χ1n) is 5.12. The molecule has 2 atom stereocenters. The van der Waals surface area contributed by atoms with Crippen LogP contribution in [0.3, 0.4) is 0 Å². The van der Waals surface area contributed by atoms with Crippen molar-refractivity contribution in [3.8, 4) is 0 Å². The molecule has 1 aliphatic heterocycles. The van der Waals surface area contributed by atoms with Crippen LogP contribution < -0.4 is 4.90 Å². The molecule has 0 spiro atoms. The molecular weight excluding hydrogens is 212 g/mol. The average molecular weight is 228 g/mol. The summed E-state index contributed by atoms with van der Waals surface area (Å²) in [5.74, 6) is 0. The minimum atomic E-state index is -0.0783. The lowest BCUT2D eigenvalue weighted by Gasteiger charge is -2.37. The molecule has 2 rings (SSSR count). The number of hydrogen-bond donors (Lipinski definition) is 1. The predicted molar refractivity (Wildman–Crippen MR) is 60.5 cm³/mol. The van der Waals surface area contributed by atoms with Gasteiger partial charge in [-0.15, -0.1) is 11.3 Å². The molecule has 2 heterocycles. The van der Waals surface area contributed by atoms with Gasteiger partial charge < -0.3 is 14.7 Å². The normalized spacial score (nSPS) is 27.0. The number of aliphatic hydroxyl groups is 1. The summed E-state index contributed by atoms with van der Waals surface area (Å²) in [7, 11) is 0. The number of ether oxygens (including phenoxy) is 1. The summed E-state index contributed by atoms with van der Waals surface area (Å²) in [5.41, 5.74) is 1.05. The zero-order valence-electron chi connectivity index (χ0n) is 9.01. The van der Waals surface area contributed by atoms with E-state index in [9.17, 15) is 0 Å². The SMILES string of the molecule is Cc1csc(N2CC(CO)OCC2C)n1. The van der Waals surface area contributed by atoms with Crippen LogP contribution in [-0.2, 0) is 4.74 Å². The third-order valence-electron chi connectivity index (χ3n) is 2.56. The molecule has 5 heteroatoms. The quantitative estimate of drug-likeness (QED) is 0.821. The van der Waals surface area contributed by atoms with Crippen LogP contribution in [-0.4, -0.2) is 42.0 Å². The van der Waals surface area contributed by atoms with Gasteiger partial charge in [-0.3, -0.25) is 0 Å². The lowest BCUT2D eigenvalue weighted by atomic mass is 10.2. The van der Waals surface area contributed by atoms with E-state index >= 15 is 0 Å². The van der Waals surface area contributed by atoms with Gasteiger partial charge in [-0.2, -0.15) is 0 Å².